The molecule has 6 heteroatoms. The lowest BCUT2D eigenvalue weighted by Gasteiger charge is -2.05. The summed E-state index contributed by atoms with van der Waals surface area (Å²) in [6.45, 7) is 2.55. The number of methoxy groups -OCH3 is 1. The van der Waals surface area contributed by atoms with Gasteiger partial charge in [0, 0.05) is 20.3 Å². The minimum atomic E-state index is -0.118. The molecule has 0 aliphatic rings. The van der Waals surface area contributed by atoms with Crippen LogP contribution >= 0.6 is 12.2 Å². The van der Waals surface area contributed by atoms with E-state index in [0.717, 1.165) is 12.8 Å². The van der Waals surface area contributed by atoms with Gasteiger partial charge in [-0.2, -0.15) is 0 Å². The molecule has 0 aromatic carbocycles. The molecule has 0 fully saturated rings. The lowest BCUT2D eigenvalue weighted by Crippen LogP contribution is -2.28. The molecule has 0 spiro atoms. The van der Waals surface area contributed by atoms with Crippen LogP contribution in [0.15, 0.2) is 0 Å². The van der Waals surface area contributed by atoms with Crippen LogP contribution in [0, 0.1) is 0 Å². The third kappa shape index (κ3) is 11.4. The molecule has 0 aromatic heterocycles. The van der Waals surface area contributed by atoms with Gasteiger partial charge >= 0.3 is 0 Å². The number of nitrogens with one attached hydrogen (secondary N) is 1. The number of unbranched alkanes of at least 4 members (excludes halogenated alkanes) is 1. The smallest absolute Gasteiger partial charge is 0.226 e. The van der Waals surface area contributed by atoms with E-state index in [0.29, 0.717) is 26.4 Å². The topological polar surface area (TPSA) is 73.6 Å². The highest BCUT2D eigenvalue weighted by atomic mass is 32.1. The molecule has 0 heterocycles. The van der Waals surface area contributed by atoms with E-state index in [2.05, 4.69) is 17.5 Å². The van der Waals surface area contributed by atoms with Crippen molar-refractivity contribution in [3.05, 3.63) is 0 Å². The quantitative estimate of drug-likeness (QED) is 0.427. The zero-order valence-electron chi connectivity index (χ0n) is 9.66. The van der Waals surface area contributed by atoms with Crippen LogP contribution in [0.1, 0.15) is 19.3 Å². The van der Waals surface area contributed by atoms with E-state index >= 15 is 0 Å². The molecule has 3 N–H and O–H groups in total. The Labute approximate surface area is 102 Å². The van der Waals surface area contributed by atoms with Gasteiger partial charge in [-0.1, -0.05) is 12.2 Å². The van der Waals surface area contributed by atoms with Crippen LogP contribution in [0.3, 0.4) is 0 Å². The van der Waals surface area contributed by atoms with Gasteiger partial charge in [0.25, 0.3) is 0 Å². The van der Waals surface area contributed by atoms with Crippen LogP contribution in [0.25, 0.3) is 0 Å². The van der Waals surface area contributed by atoms with Gasteiger partial charge in [0.05, 0.1) is 24.6 Å². The Kier molecular flexibility index (Phi) is 10.3. The first-order chi connectivity index (χ1) is 7.66. The number of carbonyl (C=O) groups excluding carboxylic acids is 1. The molecule has 0 unspecified atom stereocenters. The molecule has 0 atom stereocenters. The summed E-state index contributed by atoms with van der Waals surface area (Å²) in [5.41, 5.74) is 5.23. The standard InChI is InChI=1S/C10H20N2O3S/c1-14-6-7-15-5-3-2-4-12-10(13)8-9(11)16/h2-8H2,1H3,(H2,11,16)(H,12,13). The molecule has 0 aliphatic heterocycles. The summed E-state index contributed by atoms with van der Waals surface area (Å²) in [7, 11) is 1.64. The number of hydrogen-bond acceptors (Lipinski definition) is 4. The minimum absolute atomic E-state index is 0.118. The van der Waals surface area contributed by atoms with Crippen molar-refractivity contribution in [1.29, 1.82) is 0 Å². The van der Waals surface area contributed by atoms with Crippen molar-refractivity contribution in [3.63, 3.8) is 0 Å². The molecular formula is C10H20N2O3S. The highest BCUT2D eigenvalue weighted by Gasteiger charge is 2.01. The van der Waals surface area contributed by atoms with Gasteiger partial charge in [0.1, 0.15) is 0 Å². The van der Waals surface area contributed by atoms with Crippen LogP contribution in [-0.2, 0) is 14.3 Å². The van der Waals surface area contributed by atoms with Crippen molar-refractivity contribution in [3.8, 4) is 0 Å². The molecule has 0 aromatic rings. The molecule has 94 valence electrons. The average molecular weight is 248 g/mol. The zero-order valence-corrected chi connectivity index (χ0v) is 10.5. The highest BCUT2D eigenvalue weighted by molar-refractivity contribution is 7.80. The molecule has 0 radical (unpaired) electrons. The van der Waals surface area contributed by atoms with Crippen molar-refractivity contribution in [2.75, 3.05) is 33.5 Å². The van der Waals surface area contributed by atoms with E-state index in [-0.39, 0.29) is 17.3 Å². The Morgan fingerprint density at radius 2 is 2.06 bits per heavy atom. The Morgan fingerprint density at radius 3 is 2.69 bits per heavy atom. The molecule has 0 saturated heterocycles. The first kappa shape index (κ1) is 15.3. The monoisotopic (exact) mass is 248 g/mol. The highest BCUT2D eigenvalue weighted by Crippen LogP contribution is 1.89. The average Bonchev–Trinajstić information content (AvgIpc) is 2.21. The molecule has 1 amide bonds. The van der Waals surface area contributed by atoms with Crippen LogP contribution in [0.4, 0.5) is 0 Å². The normalized spacial score (nSPS) is 10.1. The number of nitrogens with two attached hydrogens (primary N) is 1. The number of carbonyl (C=O) groups is 1. The van der Waals surface area contributed by atoms with Crippen molar-refractivity contribution < 1.29 is 14.3 Å². The predicted molar refractivity (Wildman–Crippen MR) is 66.3 cm³/mol. The van der Waals surface area contributed by atoms with Crippen LogP contribution in [-0.4, -0.2) is 44.4 Å². The second-order valence-corrected chi connectivity index (χ2v) is 3.83. The molecule has 0 saturated carbocycles. The second kappa shape index (κ2) is 10.8. The first-order valence-electron chi connectivity index (χ1n) is 5.28. The predicted octanol–water partition coefficient (Wildman–Crippen LogP) is 0.222. The van der Waals surface area contributed by atoms with Gasteiger partial charge < -0.3 is 20.5 Å². The number of thiocarbonyl (C=S) groups is 1. The number of rotatable bonds is 10. The first-order valence-corrected chi connectivity index (χ1v) is 5.69. The molecule has 16 heavy (non-hydrogen) atoms. The fourth-order valence-electron chi connectivity index (χ4n) is 1.02. The Balaban J connectivity index is 3.14. The summed E-state index contributed by atoms with van der Waals surface area (Å²) in [6, 6.07) is 0. The Bertz CT molecular complexity index is 212. The van der Waals surface area contributed by atoms with Gasteiger partial charge in [-0.05, 0) is 12.8 Å². The Hall–Kier alpha value is -0.720. The Morgan fingerprint density at radius 1 is 1.31 bits per heavy atom. The van der Waals surface area contributed by atoms with Crippen LogP contribution in [0.5, 0.6) is 0 Å². The van der Waals surface area contributed by atoms with Crippen LogP contribution < -0.4 is 11.1 Å². The molecule has 5 nitrogen and oxygen atoms in total. The number of ether oxygens (including phenoxy) is 2. The molecule has 0 bridgehead atoms. The summed E-state index contributed by atoms with van der Waals surface area (Å²) < 4.78 is 10.1. The second-order valence-electron chi connectivity index (χ2n) is 3.31. The summed E-state index contributed by atoms with van der Waals surface area (Å²) in [5.74, 6) is -0.118. The summed E-state index contributed by atoms with van der Waals surface area (Å²) >= 11 is 4.62. The largest absolute Gasteiger partial charge is 0.393 e. The van der Waals surface area contributed by atoms with E-state index in [1.54, 1.807) is 7.11 Å². The maximum absolute atomic E-state index is 11.1. The maximum Gasteiger partial charge on any atom is 0.226 e. The molecule has 0 aliphatic carbocycles. The van der Waals surface area contributed by atoms with E-state index in [1.807, 2.05) is 0 Å². The van der Waals surface area contributed by atoms with Crippen molar-refractivity contribution >= 4 is 23.1 Å². The van der Waals surface area contributed by atoms with Gasteiger partial charge in [0.2, 0.25) is 5.91 Å². The van der Waals surface area contributed by atoms with E-state index in [4.69, 9.17) is 15.2 Å². The van der Waals surface area contributed by atoms with E-state index < -0.39 is 0 Å². The molecular weight excluding hydrogens is 228 g/mol. The van der Waals surface area contributed by atoms with E-state index in [9.17, 15) is 4.79 Å². The van der Waals surface area contributed by atoms with Gasteiger partial charge in [0.15, 0.2) is 0 Å². The van der Waals surface area contributed by atoms with Crippen molar-refractivity contribution in [2.24, 2.45) is 5.73 Å². The van der Waals surface area contributed by atoms with Crippen molar-refractivity contribution in [1.82, 2.24) is 5.32 Å². The van der Waals surface area contributed by atoms with Gasteiger partial charge in [-0.25, -0.2) is 0 Å². The lowest BCUT2D eigenvalue weighted by atomic mass is 10.3. The van der Waals surface area contributed by atoms with E-state index in [1.165, 1.54) is 0 Å². The lowest BCUT2D eigenvalue weighted by molar-refractivity contribution is -0.119. The summed E-state index contributed by atoms with van der Waals surface area (Å²) in [5, 5.41) is 2.73. The maximum atomic E-state index is 11.1. The SMILES string of the molecule is COCCOCCCCNC(=O)CC(N)=S. The third-order valence-corrected chi connectivity index (χ3v) is 1.95. The van der Waals surface area contributed by atoms with Gasteiger partial charge in [-0.15, -0.1) is 0 Å². The number of amides is 1. The molecule has 0 rings (SSSR count). The summed E-state index contributed by atoms with van der Waals surface area (Å²) in [4.78, 5) is 11.3. The fourth-order valence-corrected chi connectivity index (χ4v) is 1.15. The zero-order chi connectivity index (χ0) is 12.2. The van der Waals surface area contributed by atoms with Crippen molar-refractivity contribution in [2.45, 2.75) is 19.3 Å². The third-order valence-electron chi connectivity index (χ3n) is 1.80. The fraction of sp³-hybridized carbons (Fsp3) is 0.800. The number of hydrogen-bond donors (Lipinski definition) is 2. The van der Waals surface area contributed by atoms with Gasteiger partial charge in [-0.3, -0.25) is 4.79 Å². The van der Waals surface area contributed by atoms with Crippen LogP contribution in [0.2, 0.25) is 0 Å². The minimum Gasteiger partial charge on any atom is -0.393 e. The summed E-state index contributed by atoms with van der Waals surface area (Å²) in [6.07, 6.45) is 1.92.